The van der Waals surface area contributed by atoms with Gasteiger partial charge in [-0.1, -0.05) is 40.0 Å². The van der Waals surface area contributed by atoms with Crippen LogP contribution in [0.3, 0.4) is 0 Å². The van der Waals surface area contributed by atoms with Crippen LogP contribution in [-0.2, 0) is 16.3 Å². The van der Waals surface area contributed by atoms with Crippen molar-refractivity contribution >= 4 is 29.2 Å². The van der Waals surface area contributed by atoms with Crippen molar-refractivity contribution in [2.45, 2.75) is 65.6 Å². The molecular weight excluding hydrogens is 578 g/mol. The molecule has 232 valence electrons. The van der Waals surface area contributed by atoms with Gasteiger partial charge in [-0.2, -0.15) is 14.6 Å². The minimum absolute atomic E-state index is 0.0808. The molecule has 0 bridgehead atoms. The van der Waals surface area contributed by atoms with Gasteiger partial charge in [0.25, 0.3) is 5.91 Å². The van der Waals surface area contributed by atoms with Gasteiger partial charge >= 0.3 is 0 Å². The van der Waals surface area contributed by atoms with Gasteiger partial charge < -0.3 is 20.6 Å². The Hall–Kier alpha value is -3.88. The molecule has 0 aliphatic heterocycles. The third kappa shape index (κ3) is 9.83. The average molecular weight is 617 g/mol. The van der Waals surface area contributed by atoms with Crippen LogP contribution in [-0.4, -0.2) is 55.4 Å². The zero-order chi connectivity index (χ0) is 31.4. The molecule has 1 aliphatic carbocycles. The standard InChI is InChI=1S/C23H23F2N7O2S.C4H10.C2H5NO/c1-34-13-31-10-14(9-26-31)23-28-18(12-35-23)22(33)27-17-11-32(15-5-3-2-4-6-15)30-21(17)20-16(24)7-8-19(25)29-20;1-4(2)3;3-1-2-4/h7-12,15H,2-6,13H2,1H3,(H,27,33);4H,1-3H3;2H,1,3H2. The topological polar surface area (TPSA) is 143 Å². The molecule has 43 heavy (non-hydrogen) atoms. The van der Waals surface area contributed by atoms with Crippen LogP contribution in [0.4, 0.5) is 14.5 Å². The normalized spacial score (nSPS) is 13.1. The van der Waals surface area contributed by atoms with E-state index in [1.807, 2.05) is 0 Å². The van der Waals surface area contributed by atoms with Gasteiger partial charge in [-0.05, 0) is 30.9 Å². The quantitative estimate of drug-likeness (QED) is 0.189. The van der Waals surface area contributed by atoms with Crippen molar-refractivity contribution in [3.05, 3.63) is 53.6 Å². The predicted molar refractivity (Wildman–Crippen MR) is 161 cm³/mol. The Bertz CT molecular complexity index is 1460. The number of pyridine rings is 1. The molecule has 1 saturated carbocycles. The number of carbonyl (C=O) groups excluding carboxylic acids is 2. The van der Waals surface area contributed by atoms with E-state index < -0.39 is 17.7 Å². The molecule has 1 aliphatic rings. The minimum Gasteiger partial charge on any atom is -0.362 e. The first-order chi connectivity index (χ1) is 20.7. The Balaban J connectivity index is 0.000000566. The fourth-order valence-electron chi connectivity index (χ4n) is 4.15. The highest BCUT2D eigenvalue weighted by atomic mass is 32.1. The van der Waals surface area contributed by atoms with E-state index in [0.717, 1.165) is 55.7 Å². The Morgan fingerprint density at radius 2 is 1.86 bits per heavy atom. The molecule has 4 aromatic rings. The molecule has 1 fully saturated rings. The number of nitrogens with one attached hydrogen (secondary N) is 1. The van der Waals surface area contributed by atoms with Gasteiger partial charge in [-0.3, -0.25) is 9.48 Å². The highest BCUT2D eigenvalue weighted by molar-refractivity contribution is 7.13. The van der Waals surface area contributed by atoms with E-state index in [9.17, 15) is 13.6 Å². The maximum atomic E-state index is 14.6. The monoisotopic (exact) mass is 616 g/mol. The van der Waals surface area contributed by atoms with Crippen LogP contribution < -0.4 is 11.1 Å². The summed E-state index contributed by atoms with van der Waals surface area (Å²) < 4.78 is 36.8. The van der Waals surface area contributed by atoms with Crippen LogP contribution in [0.5, 0.6) is 0 Å². The van der Waals surface area contributed by atoms with E-state index in [1.54, 1.807) is 40.4 Å². The Labute approximate surface area is 253 Å². The lowest BCUT2D eigenvalue weighted by molar-refractivity contribution is -0.106. The van der Waals surface area contributed by atoms with Crippen molar-refractivity contribution in [2.24, 2.45) is 11.7 Å². The first-order valence-electron chi connectivity index (χ1n) is 14.0. The lowest BCUT2D eigenvalue weighted by Crippen LogP contribution is -2.14. The first kappa shape index (κ1) is 33.6. The van der Waals surface area contributed by atoms with Crippen LogP contribution >= 0.6 is 11.3 Å². The van der Waals surface area contributed by atoms with Gasteiger partial charge in [0.1, 0.15) is 35.1 Å². The summed E-state index contributed by atoms with van der Waals surface area (Å²) in [5.74, 6) is -1.21. The number of anilines is 1. The summed E-state index contributed by atoms with van der Waals surface area (Å²) in [4.78, 5) is 30.2. The summed E-state index contributed by atoms with van der Waals surface area (Å²) in [7, 11) is 1.57. The SMILES string of the molecule is CC(C)C.COCn1cc(-c2nc(C(=O)Nc3cn(C4CCCCC4)nc3-c3nc(F)ccc3F)cs2)cn1.NCC=O. The summed E-state index contributed by atoms with van der Waals surface area (Å²) in [5, 5.41) is 13.7. The number of hydrogen-bond donors (Lipinski definition) is 2. The number of nitrogens with two attached hydrogens (primary N) is 1. The number of thiazole rings is 1. The van der Waals surface area contributed by atoms with Crippen LogP contribution in [0, 0.1) is 17.7 Å². The van der Waals surface area contributed by atoms with Gasteiger partial charge in [0.15, 0.2) is 5.82 Å². The van der Waals surface area contributed by atoms with Gasteiger partial charge in [0.05, 0.1) is 17.9 Å². The number of rotatable bonds is 8. The second kappa shape index (κ2) is 16.7. The van der Waals surface area contributed by atoms with Gasteiger partial charge in [-0.15, -0.1) is 11.3 Å². The number of aromatic nitrogens is 6. The lowest BCUT2D eigenvalue weighted by Gasteiger charge is -2.21. The van der Waals surface area contributed by atoms with E-state index in [1.165, 1.54) is 11.3 Å². The molecule has 4 heterocycles. The van der Waals surface area contributed by atoms with Crippen LogP contribution in [0.1, 0.15) is 69.4 Å². The van der Waals surface area contributed by atoms with Crippen molar-refractivity contribution in [3.8, 4) is 22.0 Å². The Morgan fingerprint density at radius 1 is 1.16 bits per heavy atom. The highest BCUT2D eigenvalue weighted by Gasteiger charge is 2.24. The molecule has 0 atom stereocenters. The van der Waals surface area contributed by atoms with E-state index in [0.29, 0.717) is 18.0 Å². The van der Waals surface area contributed by atoms with Crippen molar-refractivity contribution in [2.75, 3.05) is 19.0 Å². The predicted octanol–water partition coefficient (Wildman–Crippen LogP) is 5.71. The summed E-state index contributed by atoms with van der Waals surface area (Å²) in [5.41, 5.74) is 5.68. The van der Waals surface area contributed by atoms with Crippen molar-refractivity contribution in [3.63, 3.8) is 0 Å². The molecule has 4 aromatic heterocycles. The van der Waals surface area contributed by atoms with Crippen LogP contribution in [0.25, 0.3) is 22.0 Å². The molecule has 5 rings (SSSR count). The summed E-state index contributed by atoms with van der Waals surface area (Å²) in [6.07, 6.45) is 10.9. The lowest BCUT2D eigenvalue weighted by atomic mass is 9.96. The fourth-order valence-corrected chi connectivity index (χ4v) is 4.92. The fraction of sp³-hybridized carbons (Fsp3) is 0.448. The molecule has 11 nitrogen and oxygen atoms in total. The average Bonchev–Trinajstić information content (AvgIpc) is 3.75. The molecule has 0 spiro atoms. The second-order valence-corrected chi connectivity index (χ2v) is 11.3. The van der Waals surface area contributed by atoms with Gasteiger partial charge in [0.2, 0.25) is 5.95 Å². The highest BCUT2D eigenvalue weighted by Crippen LogP contribution is 2.34. The van der Waals surface area contributed by atoms with Crippen molar-refractivity contribution in [1.29, 1.82) is 0 Å². The molecule has 0 aromatic carbocycles. The molecule has 0 saturated heterocycles. The van der Waals surface area contributed by atoms with Crippen LogP contribution in [0.2, 0.25) is 0 Å². The van der Waals surface area contributed by atoms with E-state index in [4.69, 9.17) is 9.53 Å². The number of aldehydes is 1. The first-order valence-corrected chi connectivity index (χ1v) is 14.9. The maximum absolute atomic E-state index is 14.6. The summed E-state index contributed by atoms with van der Waals surface area (Å²) in [6, 6.07) is 2.07. The molecule has 3 N–H and O–H groups in total. The van der Waals surface area contributed by atoms with Crippen molar-refractivity contribution < 1.29 is 23.1 Å². The zero-order valence-electron chi connectivity index (χ0n) is 24.8. The van der Waals surface area contributed by atoms with E-state index in [2.05, 4.69) is 52.0 Å². The maximum Gasteiger partial charge on any atom is 0.275 e. The van der Waals surface area contributed by atoms with E-state index >= 15 is 0 Å². The van der Waals surface area contributed by atoms with Gasteiger partial charge in [-0.25, -0.2) is 19.0 Å². The number of halogens is 2. The summed E-state index contributed by atoms with van der Waals surface area (Å²) >= 11 is 1.30. The minimum atomic E-state index is -0.830. The number of ether oxygens (including phenoxy) is 1. The Kier molecular flexibility index (Phi) is 13.0. The number of amides is 1. The number of nitrogens with zero attached hydrogens (tertiary/aromatic N) is 6. The second-order valence-electron chi connectivity index (χ2n) is 10.4. The smallest absolute Gasteiger partial charge is 0.275 e. The number of methoxy groups -OCH3 is 1. The molecule has 14 heteroatoms. The third-order valence-corrected chi connectivity index (χ3v) is 6.83. The largest absolute Gasteiger partial charge is 0.362 e. The Morgan fingerprint density at radius 3 is 2.51 bits per heavy atom. The molecular formula is C29H38F2N8O3S. The summed E-state index contributed by atoms with van der Waals surface area (Å²) in [6.45, 7) is 6.94. The number of hydrogen-bond acceptors (Lipinski definition) is 9. The molecule has 0 unspecified atom stereocenters. The molecule has 1 amide bonds. The van der Waals surface area contributed by atoms with Gasteiger partial charge in [0, 0.05) is 37.0 Å². The zero-order valence-corrected chi connectivity index (χ0v) is 25.6. The number of carbonyl (C=O) groups is 2. The third-order valence-electron chi connectivity index (χ3n) is 5.94. The van der Waals surface area contributed by atoms with Crippen molar-refractivity contribution in [1.82, 2.24) is 29.5 Å². The molecule has 0 radical (unpaired) electrons. The van der Waals surface area contributed by atoms with E-state index in [-0.39, 0.29) is 35.4 Å². The van der Waals surface area contributed by atoms with Crippen LogP contribution in [0.15, 0.2) is 36.1 Å².